The fourth-order valence-corrected chi connectivity index (χ4v) is 0.801. The molecule has 5 heteroatoms. The second kappa shape index (κ2) is 4.39. The minimum absolute atomic E-state index is 0.0414. The van der Waals surface area contributed by atoms with Crippen LogP contribution in [0.25, 0.3) is 0 Å². The first-order valence-electron chi connectivity index (χ1n) is 3.79. The number of aliphatic carboxylic acids is 1. The van der Waals surface area contributed by atoms with Crippen molar-refractivity contribution in [2.24, 2.45) is 0 Å². The van der Waals surface area contributed by atoms with Crippen LogP contribution in [0.2, 0.25) is 0 Å². The summed E-state index contributed by atoms with van der Waals surface area (Å²) in [4.78, 5) is 10.4. The van der Waals surface area contributed by atoms with Gasteiger partial charge in [-0.25, -0.2) is 10.1 Å². The van der Waals surface area contributed by atoms with Crippen molar-refractivity contribution in [1.29, 1.82) is 0 Å². The van der Waals surface area contributed by atoms with Crippen molar-refractivity contribution in [3.63, 3.8) is 0 Å². The smallest absolute Gasteiger partial charge is 0.359 e. The summed E-state index contributed by atoms with van der Waals surface area (Å²) in [6, 6.07) is 0. The summed E-state index contributed by atoms with van der Waals surface area (Å²) < 4.78 is 0.306. The quantitative estimate of drug-likeness (QED) is 0.373. The van der Waals surface area contributed by atoms with Crippen molar-refractivity contribution >= 4 is 5.97 Å². The van der Waals surface area contributed by atoms with Gasteiger partial charge in [0.25, 0.3) is 0 Å². The third kappa shape index (κ3) is 6.09. The van der Waals surface area contributed by atoms with Gasteiger partial charge in [0, 0.05) is 0 Å². The van der Waals surface area contributed by atoms with Crippen molar-refractivity contribution < 1.29 is 19.5 Å². The molecule has 0 aliphatic carbocycles. The maximum atomic E-state index is 10.4. The number of carboxylic acids is 1. The number of rotatable bonds is 5. The van der Waals surface area contributed by atoms with Gasteiger partial charge in [-0.15, -0.1) is 0 Å². The summed E-state index contributed by atoms with van der Waals surface area (Å²) in [7, 11) is 3.56. The standard InChI is InChI=1S/C7H16N2O3/c1-6(10)8-5-9(2,3)4-7(11)12/h6,8,10H,4-5H2,1-3H3/p+1. The minimum Gasteiger partial charge on any atom is -0.477 e. The van der Waals surface area contributed by atoms with Crippen molar-refractivity contribution in [2.45, 2.75) is 13.2 Å². The van der Waals surface area contributed by atoms with E-state index in [2.05, 4.69) is 5.32 Å². The van der Waals surface area contributed by atoms with E-state index in [4.69, 9.17) is 10.2 Å². The molecule has 0 heterocycles. The Kier molecular flexibility index (Phi) is 4.16. The van der Waals surface area contributed by atoms with Crippen molar-refractivity contribution in [3.05, 3.63) is 0 Å². The second-order valence-corrected chi connectivity index (χ2v) is 3.53. The Labute approximate surface area is 72.2 Å². The van der Waals surface area contributed by atoms with Crippen molar-refractivity contribution in [2.75, 3.05) is 27.3 Å². The Hall–Kier alpha value is -0.650. The number of carboxylic acid groups (broad SMARTS) is 1. The summed E-state index contributed by atoms with van der Waals surface area (Å²) in [6.45, 7) is 2.07. The molecule has 0 aliphatic heterocycles. The van der Waals surface area contributed by atoms with Crippen LogP contribution in [0.4, 0.5) is 0 Å². The monoisotopic (exact) mass is 177 g/mol. The third-order valence-corrected chi connectivity index (χ3v) is 1.38. The molecule has 1 unspecified atom stereocenters. The number of nitrogens with zero attached hydrogens (tertiary/aromatic N) is 1. The fraction of sp³-hybridized carbons (Fsp3) is 0.857. The van der Waals surface area contributed by atoms with E-state index in [9.17, 15) is 4.79 Å². The number of likely N-dealkylation sites (N-methyl/N-ethyl adjacent to an activating group) is 1. The Bertz CT molecular complexity index is 157. The fourth-order valence-electron chi connectivity index (χ4n) is 0.801. The van der Waals surface area contributed by atoms with E-state index in [0.29, 0.717) is 11.2 Å². The number of hydrogen-bond donors (Lipinski definition) is 3. The lowest BCUT2D eigenvalue weighted by Crippen LogP contribution is -2.51. The first kappa shape index (κ1) is 11.4. The van der Waals surface area contributed by atoms with Crippen LogP contribution in [-0.4, -0.2) is 54.2 Å². The Balaban J connectivity index is 3.78. The van der Waals surface area contributed by atoms with Crippen LogP contribution in [0.3, 0.4) is 0 Å². The van der Waals surface area contributed by atoms with Crippen LogP contribution in [0.5, 0.6) is 0 Å². The van der Waals surface area contributed by atoms with Gasteiger partial charge >= 0.3 is 5.97 Å². The molecule has 0 fully saturated rings. The minimum atomic E-state index is -0.840. The Morgan fingerprint density at radius 1 is 1.58 bits per heavy atom. The Morgan fingerprint density at radius 2 is 2.08 bits per heavy atom. The zero-order valence-corrected chi connectivity index (χ0v) is 7.74. The van der Waals surface area contributed by atoms with Gasteiger partial charge in [-0.05, 0) is 6.92 Å². The molecule has 0 aromatic rings. The van der Waals surface area contributed by atoms with Gasteiger partial charge in [0.15, 0.2) is 6.54 Å². The molecule has 0 bridgehead atoms. The van der Waals surface area contributed by atoms with E-state index in [1.54, 1.807) is 21.0 Å². The van der Waals surface area contributed by atoms with E-state index in [1.165, 1.54) is 0 Å². The van der Waals surface area contributed by atoms with Crippen LogP contribution < -0.4 is 5.32 Å². The normalized spacial score (nSPS) is 14.3. The molecule has 0 rings (SSSR count). The molecular weight excluding hydrogens is 160 g/mol. The SMILES string of the molecule is CC(O)NC[N+](C)(C)CC(=O)O. The highest BCUT2D eigenvalue weighted by Crippen LogP contribution is 1.93. The van der Waals surface area contributed by atoms with Crippen LogP contribution in [0.15, 0.2) is 0 Å². The van der Waals surface area contributed by atoms with Gasteiger partial charge in [0.1, 0.15) is 12.9 Å². The number of aliphatic hydroxyl groups excluding tert-OH is 1. The largest absolute Gasteiger partial charge is 0.477 e. The lowest BCUT2D eigenvalue weighted by Gasteiger charge is -2.28. The molecule has 5 nitrogen and oxygen atoms in total. The highest BCUT2D eigenvalue weighted by Gasteiger charge is 2.19. The molecule has 12 heavy (non-hydrogen) atoms. The molecular formula is C7H17N2O3+. The lowest BCUT2D eigenvalue weighted by atomic mass is 10.5. The van der Waals surface area contributed by atoms with Gasteiger partial charge in [0.2, 0.25) is 0 Å². The van der Waals surface area contributed by atoms with E-state index in [0.717, 1.165) is 0 Å². The predicted molar refractivity (Wildman–Crippen MR) is 44.3 cm³/mol. The number of hydrogen-bond acceptors (Lipinski definition) is 3. The molecule has 3 N–H and O–H groups in total. The van der Waals surface area contributed by atoms with E-state index < -0.39 is 12.2 Å². The highest BCUT2D eigenvalue weighted by atomic mass is 16.4. The molecule has 0 radical (unpaired) electrons. The predicted octanol–water partition coefficient (Wildman–Crippen LogP) is -0.967. The topological polar surface area (TPSA) is 69.6 Å². The summed E-state index contributed by atoms with van der Waals surface area (Å²) in [6.07, 6.45) is -0.601. The molecule has 0 spiro atoms. The average molecular weight is 177 g/mol. The van der Waals surface area contributed by atoms with E-state index >= 15 is 0 Å². The maximum absolute atomic E-state index is 10.4. The van der Waals surface area contributed by atoms with E-state index in [1.807, 2.05) is 0 Å². The van der Waals surface area contributed by atoms with Gasteiger partial charge in [0.05, 0.1) is 14.1 Å². The van der Waals surface area contributed by atoms with Crippen LogP contribution in [0.1, 0.15) is 6.92 Å². The number of aliphatic hydroxyl groups is 1. The molecule has 0 saturated carbocycles. The number of quaternary nitrogens is 1. The van der Waals surface area contributed by atoms with Gasteiger partial charge in [-0.3, -0.25) is 0 Å². The number of nitrogens with one attached hydrogen (secondary N) is 1. The molecule has 72 valence electrons. The maximum Gasteiger partial charge on any atom is 0.359 e. The zero-order valence-electron chi connectivity index (χ0n) is 7.74. The van der Waals surface area contributed by atoms with E-state index in [-0.39, 0.29) is 6.54 Å². The summed E-state index contributed by atoms with van der Waals surface area (Å²) in [5, 5.41) is 20.1. The molecule has 0 aromatic heterocycles. The molecule has 0 amide bonds. The first-order chi connectivity index (χ1) is 5.33. The van der Waals surface area contributed by atoms with Gasteiger partial charge in [-0.2, -0.15) is 0 Å². The highest BCUT2D eigenvalue weighted by molar-refractivity contribution is 5.67. The van der Waals surface area contributed by atoms with Gasteiger partial charge < -0.3 is 14.7 Å². The average Bonchev–Trinajstić information content (AvgIpc) is 1.81. The van der Waals surface area contributed by atoms with Crippen LogP contribution in [-0.2, 0) is 4.79 Å². The Morgan fingerprint density at radius 3 is 2.42 bits per heavy atom. The second-order valence-electron chi connectivity index (χ2n) is 3.53. The summed E-state index contributed by atoms with van der Waals surface area (Å²) in [5.74, 6) is -0.840. The zero-order chi connectivity index (χ0) is 9.78. The molecule has 0 saturated heterocycles. The molecule has 1 atom stereocenters. The molecule has 0 aliphatic rings. The number of carbonyl (C=O) groups is 1. The van der Waals surface area contributed by atoms with Crippen LogP contribution >= 0.6 is 0 Å². The van der Waals surface area contributed by atoms with Crippen molar-refractivity contribution in [3.8, 4) is 0 Å². The van der Waals surface area contributed by atoms with Gasteiger partial charge in [-0.1, -0.05) is 0 Å². The third-order valence-electron chi connectivity index (χ3n) is 1.38. The summed E-state index contributed by atoms with van der Waals surface area (Å²) >= 11 is 0. The first-order valence-corrected chi connectivity index (χ1v) is 3.79. The summed E-state index contributed by atoms with van der Waals surface area (Å²) in [5.41, 5.74) is 0. The van der Waals surface area contributed by atoms with Crippen LogP contribution in [0, 0.1) is 0 Å². The lowest BCUT2D eigenvalue weighted by molar-refractivity contribution is -0.886. The molecule has 0 aromatic carbocycles. The van der Waals surface area contributed by atoms with Crippen molar-refractivity contribution in [1.82, 2.24) is 5.32 Å².